The van der Waals surface area contributed by atoms with E-state index in [-0.39, 0.29) is 36.0 Å². The Balaban J connectivity index is 0.00000324. The molecule has 1 amide bonds. The second-order valence-electron chi connectivity index (χ2n) is 3.63. The maximum Gasteiger partial charge on any atom is 0.337 e. The van der Waals surface area contributed by atoms with E-state index in [4.69, 9.17) is 5.73 Å². The fraction of sp³-hybridized carbons (Fsp3) is 0.333. The molecule has 7 heteroatoms. The van der Waals surface area contributed by atoms with Crippen molar-refractivity contribution in [3.63, 3.8) is 0 Å². The van der Waals surface area contributed by atoms with Crippen LogP contribution in [0.3, 0.4) is 0 Å². The molecule has 0 saturated carbocycles. The molecule has 0 unspecified atom stereocenters. The molecule has 0 aliphatic rings. The summed E-state index contributed by atoms with van der Waals surface area (Å²) in [4.78, 5) is 22.7. The lowest BCUT2D eigenvalue weighted by atomic mass is 10.2. The highest BCUT2D eigenvalue weighted by molar-refractivity contribution is 5.94. The summed E-state index contributed by atoms with van der Waals surface area (Å²) in [6.07, 6.45) is 0.725. The van der Waals surface area contributed by atoms with Crippen molar-refractivity contribution in [1.29, 1.82) is 0 Å². The van der Waals surface area contributed by atoms with E-state index < -0.39 is 11.8 Å². The van der Waals surface area contributed by atoms with Gasteiger partial charge in [0.05, 0.1) is 18.4 Å². The van der Waals surface area contributed by atoms with Gasteiger partial charge in [0.15, 0.2) is 0 Å². The molecule has 3 N–H and O–H groups in total. The van der Waals surface area contributed by atoms with E-state index >= 15 is 0 Å². The van der Waals surface area contributed by atoms with Crippen LogP contribution in [-0.2, 0) is 9.53 Å². The summed E-state index contributed by atoms with van der Waals surface area (Å²) in [6.45, 7) is 0.387. The first-order chi connectivity index (χ1) is 8.58. The number of nitrogens with one attached hydrogen (secondary N) is 1. The highest BCUT2D eigenvalue weighted by Gasteiger charge is 2.11. The zero-order chi connectivity index (χ0) is 13.5. The molecule has 1 aromatic rings. The monoisotopic (exact) mass is 290 g/mol. The minimum absolute atomic E-state index is 0. The van der Waals surface area contributed by atoms with Gasteiger partial charge in [0, 0.05) is 6.42 Å². The maximum absolute atomic E-state index is 13.4. The Labute approximate surface area is 116 Å². The third-order valence-corrected chi connectivity index (χ3v) is 2.27. The zero-order valence-electron chi connectivity index (χ0n) is 10.4. The number of hydrogen-bond donors (Lipinski definition) is 2. The second-order valence-corrected chi connectivity index (χ2v) is 3.63. The smallest absolute Gasteiger partial charge is 0.337 e. The third-order valence-electron chi connectivity index (χ3n) is 2.27. The molecule has 0 radical (unpaired) electrons. The Bertz CT molecular complexity index is 455. The molecule has 0 aliphatic heterocycles. The molecule has 1 aromatic carbocycles. The summed E-state index contributed by atoms with van der Waals surface area (Å²) in [7, 11) is 1.23. The van der Waals surface area contributed by atoms with Crippen molar-refractivity contribution in [3.05, 3.63) is 29.6 Å². The van der Waals surface area contributed by atoms with Gasteiger partial charge in [0.25, 0.3) is 0 Å². The Hall–Kier alpha value is -1.66. The van der Waals surface area contributed by atoms with E-state index in [1.54, 1.807) is 0 Å². The topological polar surface area (TPSA) is 81.4 Å². The van der Waals surface area contributed by atoms with E-state index in [0.717, 1.165) is 6.07 Å². The first kappa shape index (κ1) is 17.3. The molecule has 5 nitrogen and oxygen atoms in total. The van der Waals surface area contributed by atoms with Crippen LogP contribution in [0.1, 0.15) is 23.2 Å². The highest BCUT2D eigenvalue weighted by Crippen LogP contribution is 2.17. The number of carbonyl (C=O) groups excluding carboxylic acids is 2. The predicted molar refractivity (Wildman–Crippen MR) is 71.9 cm³/mol. The summed E-state index contributed by atoms with van der Waals surface area (Å²) >= 11 is 0. The van der Waals surface area contributed by atoms with Crippen LogP contribution in [-0.4, -0.2) is 25.5 Å². The van der Waals surface area contributed by atoms with Crippen LogP contribution >= 0.6 is 12.4 Å². The van der Waals surface area contributed by atoms with Crippen LogP contribution in [0.5, 0.6) is 0 Å². The van der Waals surface area contributed by atoms with Gasteiger partial charge in [0.2, 0.25) is 5.91 Å². The van der Waals surface area contributed by atoms with Gasteiger partial charge in [-0.15, -0.1) is 12.4 Å². The molecule has 19 heavy (non-hydrogen) atoms. The quantitative estimate of drug-likeness (QED) is 0.809. The molecular formula is C12H16ClFN2O3. The van der Waals surface area contributed by atoms with Crippen LogP contribution in [0.2, 0.25) is 0 Å². The number of esters is 1. The zero-order valence-corrected chi connectivity index (χ0v) is 11.3. The lowest BCUT2D eigenvalue weighted by Gasteiger charge is -2.07. The molecule has 0 aromatic heterocycles. The highest BCUT2D eigenvalue weighted by atomic mass is 35.5. The van der Waals surface area contributed by atoms with E-state index in [9.17, 15) is 14.0 Å². The second kappa shape index (κ2) is 8.44. The minimum atomic E-state index is -0.608. The van der Waals surface area contributed by atoms with Gasteiger partial charge >= 0.3 is 5.97 Å². The van der Waals surface area contributed by atoms with Crippen LogP contribution in [0, 0.1) is 5.82 Å². The number of ether oxygens (including phenoxy) is 1. The SMILES string of the molecule is COC(=O)c1ccc(F)c(NC(=O)CCCN)c1.Cl. The fourth-order valence-electron chi connectivity index (χ4n) is 1.34. The molecule has 0 spiro atoms. The van der Waals surface area contributed by atoms with Crippen LogP contribution in [0.25, 0.3) is 0 Å². The first-order valence-corrected chi connectivity index (χ1v) is 5.46. The third kappa shape index (κ3) is 5.23. The lowest BCUT2D eigenvalue weighted by molar-refractivity contribution is -0.116. The standard InChI is InChI=1S/C12H15FN2O3.ClH/c1-18-12(17)8-4-5-9(13)10(7-8)15-11(16)3-2-6-14;/h4-5,7H,2-3,6,14H2,1H3,(H,15,16);1H. The summed E-state index contributed by atoms with van der Waals surface area (Å²) in [5.41, 5.74) is 5.40. The van der Waals surface area contributed by atoms with Crippen molar-refractivity contribution in [2.45, 2.75) is 12.8 Å². The summed E-state index contributed by atoms with van der Waals surface area (Å²) in [6, 6.07) is 3.63. The molecule has 0 saturated heterocycles. The van der Waals surface area contributed by atoms with Crippen molar-refractivity contribution < 1.29 is 18.7 Å². The summed E-state index contributed by atoms with van der Waals surface area (Å²) in [5, 5.41) is 2.39. The Morgan fingerprint density at radius 1 is 1.42 bits per heavy atom. The Kier molecular flexibility index (Phi) is 7.71. The van der Waals surface area contributed by atoms with Crippen molar-refractivity contribution in [2.24, 2.45) is 5.73 Å². The Morgan fingerprint density at radius 3 is 2.68 bits per heavy atom. The molecule has 0 atom stereocenters. The fourth-order valence-corrected chi connectivity index (χ4v) is 1.34. The molecule has 106 valence electrons. The van der Waals surface area contributed by atoms with E-state index in [1.807, 2.05) is 0 Å². The van der Waals surface area contributed by atoms with Gasteiger partial charge in [-0.2, -0.15) is 0 Å². The average molecular weight is 291 g/mol. The minimum Gasteiger partial charge on any atom is -0.465 e. The van der Waals surface area contributed by atoms with E-state index in [0.29, 0.717) is 13.0 Å². The van der Waals surface area contributed by atoms with Crippen molar-refractivity contribution in [1.82, 2.24) is 0 Å². The average Bonchev–Trinajstić information content (AvgIpc) is 2.38. The number of benzene rings is 1. The number of methoxy groups -OCH3 is 1. The van der Waals surface area contributed by atoms with Gasteiger partial charge in [-0.05, 0) is 31.2 Å². The van der Waals surface area contributed by atoms with Gasteiger partial charge in [0.1, 0.15) is 5.82 Å². The number of anilines is 1. The molecular weight excluding hydrogens is 275 g/mol. The summed E-state index contributed by atoms with van der Waals surface area (Å²) in [5.74, 6) is -1.54. The first-order valence-electron chi connectivity index (χ1n) is 5.46. The van der Waals surface area contributed by atoms with Gasteiger partial charge in [-0.3, -0.25) is 4.79 Å². The van der Waals surface area contributed by atoms with E-state index in [2.05, 4.69) is 10.1 Å². The molecule has 0 heterocycles. The predicted octanol–water partition coefficient (Wildman–Crippen LogP) is 1.71. The van der Waals surface area contributed by atoms with Crippen molar-refractivity contribution in [3.8, 4) is 0 Å². The molecule has 0 bridgehead atoms. The molecule has 0 aliphatic carbocycles. The van der Waals surface area contributed by atoms with Crippen LogP contribution < -0.4 is 11.1 Å². The lowest BCUT2D eigenvalue weighted by Crippen LogP contribution is -2.15. The van der Waals surface area contributed by atoms with Crippen molar-refractivity contribution >= 4 is 30.0 Å². The normalized spacial score (nSPS) is 9.42. The number of carbonyl (C=O) groups is 2. The number of nitrogens with two attached hydrogens (primary N) is 1. The number of amides is 1. The van der Waals surface area contributed by atoms with Crippen molar-refractivity contribution in [2.75, 3.05) is 19.0 Å². The molecule has 0 fully saturated rings. The number of rotatable bonds is 5. The van der Waals surface area contributed by atoms with Crippen LogP contribution in [0.4, 0.5) is 10.1 Å². The Morgan fingerprint density at radius 2 is 2.11 bits per heavy atom. The largest absolute Gasteiger partial charge is 0.465 e. The molecule has 1 rings (SSSR count). The maximum atomic E-state index is 13.4. The van der Waals surface area contributed by atoms with Gasteiger partial charge < -0.3 is 15.8 Å². The number of hydrogen-bond acceptors (Lipinski definition) is 4. The number of halogens is 2. The van der Waals surface area contributed by atoms with Gasteiger partial charge in [-0.25, -0.2) is 9.18 Å². The van der Waals surface area contributed by atoms with Crippen LogP contribution in [0.15, 0.2) is 18.2 Å². The summed E-state index contributed by atoms with van der Waals surface area (Å²) < 4.78 is 17.9. The van der Waals surface area contributed by atoms with Gasteiger partial charge in [-0.1, -0.05) is 0 Å². The van der Waals surface area contributed by atoms with E-state index in [1.165, 1.54) is 19.2 Å².